The van der Waals surface area contributed by atoms with Gasteiger partial charge in [-0.2, -0.15) is 0 Å². The Kier molecular flexibility index (Phi) is 8.77. The molecular formula is C19H20N4O9. The quantitative estimate of drug-likeness (QED) is 0.218. The fraction of sp³-hybridized carbons (Fsp3) is 0.211. The van der Waals surface area contributed by atoms with Gasteiger partial charge in [0, 0.05) is 28.9 Å². The molecule has 3 N–H and O–H groups in total. The number of ether oxygens (including phenoxy) is 2. The van der Waals surface area contributed by atoms with Gasteiger partial charge in [-0.15, -0.1) is 0 Å². The van der Waals surface area contributed by atoms with Crippen molar-refractivity contribution in [2.75, 3.05) is 25.3 Å². The molecule has 0 atom stereocenters. The summed E-state index contributed by atoms with van der Waals surface area (Å²) in [5, 5.41) is 23.6. The van der Waals surface area contributed by atoms with Crippen molar-refractivity contribution in [2.24, 2.45) is 0 Å². The molecule has 170 valence electrons. The van der Waals surface area contributed by atoms with Gasteiger partial charge in [0.1, 0.15) is 0 Å². The Morgan fingerprint density at radius 1 is 0.906 bits per heavy atom. The lowest BCUT2D eigenvalue weighted by Crippen LogP contribution is -2.08. The number of carbonyl (C=O) groups excluding carboxylic acids is 3. The highest BCUT2D eigenvalue weighted by Crippen LogP contribution is 2.27. The molecule has 32 heavy (non-hydrogen) atoms. The lowest BCUT2D eigenvalue weighted by atomic mass is 10.1. The van der Waals surface area contributed by atoms with Crippen molar-refractivity contribution in [3.8, 4) is 0 Å². The van der Waals surface area contributed by atoms with E-state index >= 15 is 0 Å². The van der Waals surface area contributed by atoms with E-state index in [9.17, 15) is 34.6 Å². The molecule has 0 aromatic heterocycles. The molecule has 0 saturated carbocycles. The van der Waals surface area contributed by atoms with Crippen LogP contribution in [0.4, 0.5) is 22.7 Å². The number of esters is 2. The van der Waals surface area contributed by atoms with Gasteiger partial charge in [-0.25, -0.2) is 9.59 Å². The fourth-order valence-electron chi connectivity index (χ4n) is 2.56. The lowest BCUT2D eigenvalue weighted by molar-refractivity contribution is -0.385. The minimum atomic E-state index is -0.752. The Balaban J connectivity index is 0.000000323. The van der Waals surface area contributed by atoms with Crippen LogP contribution in [-0.2, 0) is 14.3 Å². The molecule has 2 aromatic rings. The van der Waals surface area contributed by atoms with Crippen LogP contribution >= 0.6 is 0 Å². The minimum absolute atomic E-state index is 0.00907. The highest BCUT2D eigenvalue weighted by atomic mass is 16.6. The molecule has 2 aromatic carbocycles. The maximum Gasteiger partial charge on any atom is 0.340 e. The maximum atomic E-state index is 11.4. The number of rotatable bonds is 6. The average Bonchev–Trinajstić information content (AvgIpc) is 2.73. The summed E-state index contributed by atoms with van der Waals surface area (Å²) in [6, 6.07) is 4.92. The van der Waals surface area contributed by atoms with Gasteiger partial charge in [0.15, 0.2) is 0 Å². The molecule has 0 heterocycles. The van der Waals surface area contributed by atoms with Gasteiger partial charge < -0.3 is 20.5 Å². The second-order valence-corrected chi connectivity index (χ2v) is 6.17. The molecule has 13 heteroatoms. The number of nitrogens with one attached hydrogen (secondary N) is 1. The molecular weight excluding hydrogens is 428 g/mol. The van der Waals surface area contributed by atoms with E-state index < -0.39 is 21.8 Å². The molecule has 0 spiro atoms. The largest absolute Gasteiger partial charge is 0.465 e. The van der Waals surface area contributed by atoms with E-state index in [1.165, 1.54) is 26.2 Å². The van der Waals surface area contributed by atoms with E-state index in [1.54, 1.807) is 6.92 Å². The van der Waals surface area contributed by atoms with E-state index in [2.05, 4.69) is 14.8 Å². The number of methoxy groups -OCH3 is 2. The number of nitrogen functional groups attached to an aromatic ring is 1. The van der Waals surface area contributed by atoms with Crippen LogP contribution in [0.15, 0.2) is 24.3 Å². The first kappa shape index (κ1) is 25.5. The number of carbonyl (C=O) groups is 3. The van der Waals surface area contributed by atoms with Crippen molar-refractivity contribution in [1.29, 1.82) is 0 Å². The zero-order chi connectivity index (χ0) is 24.6. The number of amides is 1. The first-order chi connectivity index (χ1) is 15.0. The average molecular weight is 448 g/mol. The summed E-state index contributed by atoms with van der Waals surface area (Å²) < 4.78 is 8.93. The Labute approximate surface area is 181 Å². The van der Waals surface area contributed by atoms with Crippen LogP contribution < -0.4 is 11.1 Å². The first-order valence-corrected chi connectivity index (χ1v) is 8.68. The fourth-order valence-corrected chi connectivity index (χ4v) is 2.56. The number of benzene rings is 2. The van der Waals surface area contributed by atoms with Gasteiger partial charge in [0.2, 0.25) is 6.41 Å². The summed E-state index contributed by atoms with van der Waals surface area (Å²) >= 11 is 0. The predicted octanol–water partition coefficient (Wildman–Crippen LogP) is 2.53. The Morgan fingerprint density at radius 2 is 1.34 bits per heavy atom. The smallest absolute Gasteiger partial charge is 0.340 e. The summed E-state index contributed by atoms with van der Waals surface area (Å²) in [6.45, 7) is 3.06. The van der Waals surface area contributed by atoms with Gasteiger partial charge >= 0.3 is 11.9 Å². The summed E-state index contributed by atoms with van der Waals surface area (Å²) in [7, 11) is 2.34. The number of hydrogen-bond acceptors (Lipinski definition) is 10. The summed E-state index contributed by atoms with van der Waals surface area (Å²) in [6.07, 6.45) is 0.382. The molecule has 0 saturated heterocycles. The standard InChI is InChI=1S/C10H10N2O5.C9H10N2O4/c1-6-3-8(11-5-13)7(10(14)17-2)4-9(6)12(15)16;1-5-3-7(10)6(9(12)15-2)4-8(5)11(13)14/h3-5H,1-2H3,(H,11,13);3-4H,10H2,1-2H3. The van der Waals surface area contributed by atoms with Crippen molar-refractivity contribution < 1.29 is 33.7 Å². The van der Waals surface area contributed by atoms with Crippen LogP contribution in [0.2, 0.25) is 0 Å². The molecule has 0 aliphatic rings. The van der Waals surface area contributed by atoms with E-state index in [-0.39, 0.29) is 33.9 Å². The van der Waals surface area contributed by atoms with E-state index in [4.69, 9.17) is 5.73 Å². The SMILES string of the molecule is COC(=O)c1cc([N+](=O)[O-])c(C)cc1N.COC(=O)c1cc([N+](=O)[O-])c(C)cc1NC=O. The van der Waals surface area contributed by atoms with Crippen molar-refractivity contribution in [1.82, 2.24) is 0 Å². The second kappa shape index (κ2) is 11.0. The predicted molar refractivity (Wildman–Crippen MR) is 112 cm³/mol. The van der Waals surface area contributed by atoms with Crippen LogP contribution in [0.25, 0.3) is 0 Å². The number of anilines is 2. The lowest BCUT2D eigenvalue weighted by Gasteiger charge is -2.08. The number of nitro benzene ring substituents is 2. The highest BCUT2D eigenvalue weighted by Gasteiger charge is 2.20. The number of nitrogens with zero attached hydrogens (tertiary/aromatic N) is 2. The van der Waals surface area contributed by atoms with Crippen molar-refractivity contribution in [3.63, 3.8) is 0 Å². The molecule has 2 rings (SSSR count). The molecule has 0 unspecified atom stereocenters. The summed E-state index contributed by atoms with van der Waals surface area (Å²) in [4.78, 5) is 53.1. The number of aryl methyl sites for hydroxylation is 2. The van der Waals surface area contributed by atoms with E-state index in [0.29, 0.717) is 17.5 Å². The van der Waals surface area contributed by atoms with Gasteiger partial charge in [-0.1, -0.05) is 0 Å². The molecule has 0 bridgehead atoms. The monoisotopic (exact) mass is 448 g/mol. The van der Waals surface area contributed by atoms with Crippen LogP contribution in [0.1, 0.15) is 31.8 Å². The highest BCUT2D eigenvalue weighted by molar-refractivity contribution is 5.99. The third-order valence-electron chi connectivity index (χ3n) is 4.12. The topological polar surface area (TPSA) is 194 Å². The number of hydrogen-bond donors (Lipinski definition) is 2. The molecule has 1 amide bonds. The maximum absolute atomic E-state index is 11.4. The summed E-state index contributed by atoms with van der Waals surface area (Å²) in [5.74, 6) is -1.44. The second-order valence-electron chi connectivity index (χ2n) is 6.17. The molecule has 0 fully saturated rings. The third-order valence-corrected chi connectivity index (χ3v) is 4.12. The Morgan fingerprint density at radius 3 is 1.78 bits per heavy atom. The van der Waals surface area contributed by atoms with Crippen LogP contribution in [0, 0.1) is 34.1 Å². The summed E-state index contributed by atoms with van der Waals surface area (Å²) in [5.41, 5.74) is 6.23. The third kappa shape index (κ3) is 5.98. The number of nitrogens with two attached hydrogens (primary N) is 1. The van der Waals surface area contributed by atoms with Crippen molar-refractivity contribution >= 4 is 41.1 Å². The molecule has 13 nitrogen and oxygen atoms in total. The van der Waals surface area contributed by atoms with Crippen molar-refractivity contribution in [3.05, 3.63) is 66.7 Å². The zero-order valence-corrected chi connectivity index (χ0v) is 17.5. The van der Waals surface area contributed by atoms with Gasteiger partial charge in [0.05, 0.1) is 40.9 Å². The van der Waals surface area contributed by atoms with Gasteiger partial charge in [-0.3, -0.25) is 25.0 Å². The molecule has 0 radical (unpaired) electrons. The van der Waals surface area contributed by atoms with Crippen LogP contribution in [0.3, 0.4) is 0 Å². The zero-order valence-electron chi connectivity index (χ0n) is 17.5. The normalized spacial score (nSPS) is 9.62. The van der Waals surface area contributed by atoms with Gasteiger partial charge in [0.25, 0.3) is 11.4 Å². The Hall–Kier alpha value is -4.55. The van der Waals surface area contributed by atoms with E-state index in [1.807, 2.05) is 0 Å². The van der Waals surface area contributed by atoms with E-state index in [0.717, 1.165) is 19.2 Å². The molecule has 0 aliphatic carbocycles. The van der Waals surface area contributed by atoms with Gasteiger partial charge in [-0.05, 0) is 26.0 Å². The Bertz CT molecular complexity index is 1080. The number of nitro groups is 2. The van der Waals surface area contributed by atoms with Crippen LogP contribution in [0.5, 0.6) is 0 Å². The molecule has 0 aliphatic heterocycles. The van der Waals surface area contributed by atoms with Crippen LogP contribution in [-0.4, -0.2) is 42.4 Å². The first-order valence-electron chi connectivity index (χ1n) is 8.68. The van der Waals surface area contributed by atoms with Crippen molar-refractivity contribution in [2.45, 2.75) is 13.8 Å². The minimum Gasteiger partial charge on any atom is -0.465 e.